The molecule has 0 aliphatic carbocycles. The number of amides is 1. The zero-order valence-corrected chi connectivity index (χ0v) is 22.7. The van der Waals surface area contributed by atoms with Crippen molar-refractivity contribution in [2.24, 2.45) is 7.05 Å². The molecule has 1 aliphatic rings. The number of aliphatic hydroxyl groups excluding tert-OH is 1. The highest BCUT2D eigenvalue weighted by atomic mass is 32.2. The van der Waals surface area contributed by atoms with E-state index >= 15 is 0 Å². The van der Waals surface area contributed by atoms with E-state index in [4.69, 9.17) is 14.6 Å². The highest BCUT2D eigenvalue weighted by Gasteiger charge is 2.32. The molecule has 0 radical (unpaired) electrons. The largest absolute Gasteiger partial charge is 0.481 e. The van der Waals surface area contributed by atoms with Crippen molar-refractivity contribution < 1.29 is 29.3 Å². The number of nitrogens with one attached hydrogen (secondary N) is 1. The Morgan fingerprint density at radius 1 is 1.03 bits per heavy atom. The normalized spacial score (nSPS) is 19.1. The summed E-state index contributed by atoms with van der Waals surface area (Å²) in [5.74, 6) is -0.252. The van der Waals surface area contributed by atoms with Crippen LogP contribution in [0.1, 0.15) is 66.8 Å². The molecule has 1 aliphatic heterocycles. The van der Waals surface area contributed by atoms with Crippen molar-refractivity contribution in [1.82, 2.24) is 20.1 Å². The van der Waals surface area contributed by atoms with Crippen molar-refractivity contribution in [1.29, 1.82) is 0 Å². The third-order valence-corrected chi connectivity index (χ3v) is 7.64. The first kappa shape index (κ1) is 28.8. The number of carbonyl (C=O) groups excluding carboxylic acids is 1. The Hall–Kier alpha value is -3.25. The number of unbranched alkanes of at least 4 members (excludes halogenated alkanes) is 1. The lowest BCUT2D eigenvalue weighted by atomic mass is 10.0. The zero-order valence-electron chi connectivity index (χ0n) is 21.9. The van der Waals surface area contributed by atoms with Gasteiger partial charge in [-0.25, -0.2) is 0 Å². The number of hydrogen-bond donors (Lipinski definition) is 3. The molecule has 10 nitrogen and oxygen atoms in total. The average Bonchev–Trinajstić information content (AvgIpc) is 3.37. The smallest absolute Gasteiger partial charge is 0.303 e. The quantitative estimate of drug-likeness (QED) is 0.212. The highest BCUT2D eigenvalue weighted by molar-refractivity contribution is 7.99. The first-order chi connectivity index (χ1) is 18.9. The van der Waals surface area contributed by atoms with Gasteiger partial charge in [0.15, 0.2) is 11.4 Å². The van der Waals surface area contributed by atoms with E-state index in [-0.39, 0.29) is 31.1 Å². The minimum atomic E-state index is -0.845. The third kappa shape index (κ3) is 8.62. The molecule has 3 N–H and O–H groups in total. The molecule has 11 heteroatoms. The molecule has 3 aromatic rings. The maximum absolute atomic E-state index is 12.1. The fourth-order valence-corrected chi connectivity index (χ4v) is 5.14. The molecule has 2 aromatic carbocycles. The Morgan fingerprint density at radius 3 is 2.38 bits per heavy atom. The van der Waals surface area contributed by atoms with Gasteiger partial charge in [0, 0.05) is 44.2 Å². The summed E-state index contributed by atoms with van der Waals surface area (Å²) >= 11 is 1.59. The summed E-state index contributed by atoms with van der Waals surface area (Å²) in [5.41, 5.74) is 3.69. The van der Waals surface area contributed by atoms with Gasteiger partial charge >= 0.3 is 5.97 Å². The Labute approximate surface area is 231 Å². The number of carbonyl (C=O) groups is 2. The van der Waals surface area contributed by atoms with Gasteiger partial charge < -0.3 is 29.6 Å². The van der Waals surface area contributed by atoms with Crippen LogP contribution in [0.2, 0.25) is 0 Å². The maximum Gasteiger partial charge on any atom is 0.303 e. The molecule has 0 spiro atoms. The van der Waals surface area contributed by atoms with E-state index < -0.39 is 12.3 Å². The topological polar surface area (TPSA) is 136 Å². The van der Waals surface area contributed by atoms with Crippen LogP contribution in [-0.2, 0) is 39.3 Å². The van der Waals surface area contributed by atoms with Crippen molar-refractivity contribution in [2.45, 2.75) is 68.9 Å². The van der Waals surface area contributed by atoms with Gasteiger partial charge in [0.2, 0.25) is 5.91 Å². The number of aryl methyl sites for hydroxylation is 1. The number of rotatable bonds is 13. The van der Waals surface area contributed by atoms with E-state index in [1.165, 1.54) is 0 Å². The summed E-state index contributed by atoms with van der Waals surface area (Å²) in [5, 5.41) is 29.9. The highest BCUT2D eigenvalue weighted by Crippen LogP contribution is 2.39. The Bertz CT molecular complexity index is 1220. The van der Waals surface area contributed by atoms with Crippen molar-refractivity contribution in [3.05, 3.63) is 77.1 Å². The monoisotopic (exact) mass is 554 g/mol. The van der Waals surface area contributed by atoms with E-state index in [2.05, 4.69) is 15.5 Å². The number of aliphatic hydroxyl groups is 1. The lowest BCUT2D eigenvalue weighted by molar-refractivity contribution is -0.245. The predicted molar refractivity (Wildman–Crippen MR) is 145 cm³/mol. The number of carboxylic acids is 1. The second-order valence-electron chi connectivity index (χ2n) is 9.50. The standard InChI is InChI=1S/C28H34N4O6S/c1-32-18-30-31-28(32)39-17-23-14-24(21-10-8-20(16-33)9-11-21)38-27(37-23)22-12-6-19(7-13-22)15-29-25(34)4-2-3-5-26(35)36/h6-13,18,23-24,27,33H,2-5,14-17H2,1H3,(H,29,34)(H,35,36)/t23-,24+,27+/m1/s1. The van der Waals surface area contributed by atoms with Crippen LogP contribution in [0.15, 0.2) is 60.0 Å². The Kier molecular flexibility index (Phi) is 10.5. The molecule has 208 valence electrons. The summed E-state index contributed by atoms with van der Waals surface area (Å²) < 4.78 is 14.6. The van der Waals surface area contributed by atoms with E-state index in [1.54, 1.807) is 18.1 Å². The van der Waals surface area contributed by atoms with Gasteiger partial charge in [0.1, 0.15) is 6.33 Å². The van der Waals surface area contributed by atoms with Crippen LogP contribution >= 0.6 is 11.8 Å². The van der Waals surface area contributed by atoms with Crippen molar-refractivity contribution in [3.63, 3.8) is 0 Å². The van der Waals surface area contributed by atoms with Crippen LogP contribution in [0.25, 0.3) is 0 Å². The van der Waals surface area contributed by atoms with Crippen LogP contribution < -0.4 is 5.32 Å². The van der Waals surface area contributed by atoms with E-state index in [0.29, 0.717) is 38.0 Å². The molecule has 4 rings (SSSR count). The minimum Gasteiger partial charge on any atom is -0.481 e. The second kappa shape index (κ2) is 14.2. The number of nitrogens with zero attached hydrogens (tertiary/aromatic N) is 3. The van der Waals surface area contributed by atoms with Gasteiger partial charge in [-0.05, 0) is 29.5 Å². The number of aliphatic carboxylic acids is 1. The Morgan fingerprint density at radius 2 is 1.72 bits per heavy atom. The minimum absolute atomic E-state index is 0.00791. The van der Waals surface area contributed by atoms with Gasteiger partial charge in [0.25, 0.3) is 0 Å². The van der Waals surface area contributed by atoms with E-state index in [0.717, 1.165) is 27.4 Å². The van der Waals surface area contributed by atoms with E-state index in [9.17, 15) is 14.7 Å². The molecule has 1 fully saturated rings. The predicted octanol–water partition coefficient (Wildman–Crippen LogP) is 3.91. The summed E-state index contributed by atoms with van der Waals surface area (Å²) in [6.07, 6.45) is 2.94. The van der Waals surface area contributed by atoms with Crippen LogP contribution in [0.5, 0.6) is 0 Å². The fourth-order valence-electron chi connectivity index (χ4n) is 4.24. The first-order valence-corrected chi connectivity index (χ1v) is 13.9. The van der Waals surface area contributed by atoms with Crippen LogP contribution in [0.4, 0.5) is 0 Å². The number of benzene rings is 2. The fraction of sp³-hybridized carbons (Fsp3) is 0.429. The van der Waals surface area contributed by atoms with Crippen LogP contribution in [-0.4, -0.2) is 48.7 Å². The SMILES string of the molecule is Cn1cnnc1SC[C@H]1C[C@@H](c2ccc(CO)cc2)O[C@@H](c2ccc(CNC(=O)CCCCC(=O)O)cc2)O1. The van der Waals surface area contributed by atoms with Crippen molar-refractivity contribution in [3.8, 4) is 0 Å². The molecule has 1 aromatic heterocycles. The average molecular weight is 555 g/mol. The van der Waals surface area contributed by atoms with Gasteiger partial charge in [-0.1, -0.05) is 60.3 Å². The number of aromatic nitrogens is 3. The molecule has 0 saturated carbocycles. The summed E-state index contributed by atoms with van der Waals surface area (Å²) in [7, 11) is 1.91. The molecule has 1 amide bonds. The van der Waals surface area contributed by atoms with Crippen molar-refractivity contribution in [2.75, 3.05) is 5.75 Å². The molecule has 0 bridgehead atoms. The molecular weight excluding hydrogens is 520 g/mol. The number of ether oxygens (including phenoxy) is 2. The van der Waals surface area contributed by atoms with Crippen LogP contribution in [0, 0.1) is 0 Å². The number of hydrogen-bond acceptors (Lipinski definition) is 8. The summed E-state index contributed by atoms with van der Waals surface area (Å²) in [6.45, 7) is 0.382. The first-order valence-electron chi connectivity index (χ1n) is 13.0. The maximum atomic E-state index is 12.1. The summed E-state index contributed by atoms with van der Waals surface area (Å²) in [6, 6.07) is 15.6. The lowest BCUT2D eigenvalue weighted by Crippen LogP contribution is -2.31. The lowest BCUT2D eigenvalue weighted by Gasteiger charge is -2.36. The molecule has 39 heavy (non-hydrogen) atoms. The van der Waals surface area contributed by atoms with Gasteiger partial charge in [0.05, 0.1) is 18.8 Å². The molecule has 3 atom stereocenters. The summed E-state index contributed by atoms with van der Waals surface area (Å²) in [4.78, 5) is 22.7. The molecular formula is C28H34N4O6S. The molecule has 2 heterocycles. The zero-order chi connectivity index (χ0) is 27.6. The third-order valence-electron chi connectivity index (χ3n) is 6.47. The number of thioether (sulfide) groups is 1. The van der Waals surface area contributed by atoms with Crippen LogP contribution in [0.3, 0.4) is 0 Å². The second-order valence-corrected chi connectivity index (χ2v) is 10.5. The Balaban J connectivity index is 1.38. The molecule has 1 saturated heterocycles. The van der Waals surface area contributed by atoms with Crippen molar-refractivity contribution >= 4 is 23.6 Å². The van der Waals surface area contributed by atoms with Gasteiger partial charge in [-0.15, -0.1) is 10.2 Å². The van der Waals surface area contributed by atoms with Gasteiger partial charge in [-0.2, -0.15) is 0 Å². The molecule has 0 unspecified atom stereocenters. The van der Waals surface area contributed by atoms with E-state index in [1.807, 2.05) is 60.1 Å². The number of carboxylic acid groups (broad SMARTS) is 1. The van der Waals surface area contributed by atoms with Gasteiger partial charge in [-0.3, -0.25) is 9.59 Å².